The summed E-state index contributed by atoms with van der Waals surface area (Å²) in [7, 11) is -3.71. The van der Waals surface area contributed by atoms with Gasteiger partial charge in [-0.05, 0) is 19.3 Å². The second-order valence-electron chi connectivity index (χ2n) is 4.41. The van der Waals surface area contributed by atoms with Gasteiger partial charge in [-0.1, -0.05) is 25.2 Å². The van der Waals surface area contributed by atoms with Crippen molar-refractivity contribution in [3.8, 4) is 0 Å². The van der Waals surface area contributed by atoms with Gasteiger partial charge in [0.15, 0.2) is 4.21 Å². The molecule has 0 aromatic carbocycles. The summed E-state index contributed by atoms with van der Waals surface area (Å²) < 4.78 is 26.8. The van der Waals surface area contributed by atoms with Gasteiger partial charge in [0.25, 0.3) is 10.0 Å². The number of hydrogen-bond acceptors (Lipinski definition) is 5. The van der Waals surface area contributed by atoms with Crippen molar-refractivity contribution in [2.24, 2.45) is 5.92 Å². The molecule has 0 spiro atoms. The first kappa shape index (κ1) is 15.4. The normalized spacial score (nSPS) is 14.1. The third-order valence-corrected chi connectivity index (χ3v) is 5.67. The molecule has 1 atom stereocenters. The molecule has 104 valence electrons. The van der Waals surface area contributed by atoms with Crippen molar-refractivity contribution in [3.63, 3.8) is 0 Å². The van der Waals surface area contributed by atoms with Gasteiger partial charge >= 0.3 is 4.87 Å². The van der Waals surface area contributed by atoms with Gasteiger partial charge in [0, 0.05) is 18.3 Å². The fourth-order valence-corrected chi connectivity index (χ4v) is 4.30. The van der Waals surface area contributed by atoms with E-state index in [0.29, 0.717) is 23.5 Å². The molecule has 6 nitrogen and oxygen atoms in total. The molecule has 0 aliphatic heterocycles. The summed E-state index contributed by atoms with van der Waals surface area (Å²) in [6, 6.07) is -0.350. The van der Waals surface area contributed by atoms with E-state index in [0.717, 1.165) is 0 Å². The molecule has 0 saturated carbocycles. The highest BCUT2D eigenvalue weighted by molar-refractivity contribution is 7.91. The summed E-state index contributed by atoms with van der Waals surface area (Å²) >= 11 is 0.669. The highest BCUT2D eigenvalue weighted by Gasteiger charge is 2.25. The van der Waals surface area contributed by atoms with Crippen molar-refractivity contribution < 1.29 is 13.5 Å². The fraction of sp³-hybridized carbons (Fsp3) is 0.700. The molecule has 0 saturated heterocycles. The van der Waals surface area contributed by atoms with Crippen LogP contribution in [-0.2, 0) is 10.0 Å². The molecule has 1 unspecified atom stereocenters. The van der Waals surface area contributed by atoms with Crippen LogP contribution in [0.1, 0.15) is 26.0 Å². The number of aromatic nitrogens is 1. The SMILES string of the molecule is Cc1[nH]c(=O)sc1S(=O)(=O)NC(CCO)C(C)C. The minimum absolute atomic E-state index is 0.0103. The standard InChI is InChI=1S/C10H18N2O4S2/c1-6(2)8(4-5-13)12-18(15,16)9-7(3)11-10(14)17-9/h6,8,12-13H,4-5H2,1-3H3,(H,11,14). The number of nitrogens with one attached hydrogen (secondary N) is 2. The highest BCUT2D eigenvalue weighted by Crippen LogP contribution is 2.18. The van der Waals surface area contributed by atoms with Gasteiger partial charge < -0.3 is 10.1 Å². The maximum Gasteiger partial charge on any atom is 0.305 e. The lowest BCUT2D eigenvalue weighted by molar-refractivity contribution is 0.256. The zero-order chi connectivity index (χ0) is 13.9. The van der Waals surface area contributed by atoms with E-state index in [-0.39, 0.29) is 22.8 Å². The van der Waals surface area contributed by atoms with Crippen LogP contribution in [0.15, 0.2) is 9.00 Å². The molecule has 0 aliphatic rings. The van der Waals surface area contributed by atoms with E-state index in [1.54, 1.807) is 6.92 Å². The maximum absolute atomic E-state index is 12.1. The molecular weight excluding hydrogens is 276 g/mol. The van der Waals surface area contributed by atoms with Gasteiger partial charge in [0.05, 0.1) is 0 Å². The minimum atomic E-state index is -3.71. The minimum Gasteiger partial charge on any atom is -0.396 e. The molecule has 3 N–H and O–H groups in total. The number of hydrogen-bond donors (Lipinski definition) is 3. The lowest BCUT2D eigenvalue weighted by atomic mass is 10.0. The Morgan fingerprint density at radius 2 is 2.06 bits per heavy atom. The molecule has 0 radical (unpaired) electrons. The van der Waals surface area contributed by atoms with Gasteiger partial charge in [0.1, 0.15) is 0 Å². The van der Waals surface area contributed by atoms with Crippen molar-refractivity contribution in [3.05, 3.63) is 15.4 Å². The van der Waals surface area contributed by atoms with Crippen molar-refractivity contribution in [2.75, 3.05) is 6.61 Å². The van der Waals surface area contributed by atoms with Crippen LogP contribution in [0.3, 0.4) is 0 Å². The quantitative estimate of drug-likeness (QED) is 0.708. The number of aliphatic hydroxyl groups is 1. The summed E-state index contributed by atoms with van der Waals surface area (Å²) in [6.07, 6.45) is 0.343. The monoisotopic (exact) mass is 294 g/mol. The number of aliphatic hydroxyl groups excluding tert-OH is 1. The van der Waals surface area contributed by atoms with E-state index < -0.39 is 14.9 Å². The average molecular weight is 294 g/mol. The molecule has 1 aromatic rings. The second-order valence-corrected chi connectivity index (χ2v) is 7.30. The van der Waals surface area contributed by atoms with Gasteiger partial charge in [-0.3, -0.25) is 4.79 Å². The largest absolute Gasteiger partial charge is 0.396 e. The first-order valence-corrected chi connectivity index (χ1v) is 7.90. The fourth-order valence-electron chi connectivity index (χ4n) is 1.57. The van der Waals surface area contributed by atoms with E-state index in [1.807, 2.05) is 13.8 Å². The van der Waals surface area contributed by atoms with E-state index in [9.17, 15) is 13.2 Å². The van der Waals surface area contributed by atoms with Crippen molar-refractivity contribution >= 4 is 21.4 Å². The van der Waals surface area contributed by atoms with Gasteiger partial charge in [0.2, 0.25) is 0 Å². The predicted molar refractivity (Wildman–Crippen MR) is 70.3 cm³/mol. The van der Waals surface area contributed by atoms with Crippen LogP contribution in [-0.4, -0.2) is 31.2 Å². The zero-order valence-electron chi connectivity index (χ0n) is 10.6. The average Bonchev–Trinajstić information content (AvgIpc) is 2.57. The summed E-state index contributed by atoms with van der Waals surface area (Å²) in [5, 5.41) is 8.92. The number of thiazole rings is 1. The van der Waals surface area contributed by atoms with Crippen LogP contribution in [0.4, 0.5) is 0 Å². The van der Waals surface area contributed by atoms with Crippen molar-refractivity contribution in [1.82, 2.24) is 9.71 Å². The number of rotatable bonds is 6. The summed E-state index contributed by atoms with van der Waals surface area (Å²) in [5.74, 6) is 0.0582. The molecule has 1 heterocycles. The molecule has 0 aliphatic carbocycles. The summed E-state index contributed by atoms with van der Waals surface area (Å²) in [5.41, 5.74) is 0.337. The number of sulfonamides is 1. The van der Waals surface area contributed by atoms with Gasteiger partial charge in [-0.2, -0.15) is 0 Å². The molecule has 1 aromatic heterocycles. The van der Waals surface area contributed by atoms with E-state index in [1.165, 1.54) is 0 Å². The second kappa shape index (κ2) is 5.96. The lowest BCUT2D eigenvalue weighted by Crippen LogP contribution is -2.39. The Morgan fingerprint density at radius 3 is 2.44 bits per heavy atom. The number of aromatic amines is 1. The molecule has 8 heteroatoms. The summed E-state index contributed by atoms with van der Waals surface area (Å²) in [4.78, 5) is 13.2. The molecular formula is C10H18N2O4S2. The van der Waals surface area contributed by atoms with Crippen LogP contribution < -0.4 is 9.60 Å². The highest BCUT2D eigenvalue weighted by atomic mass is 32.2. The van der Waals surface area contributed by atoms with Crippen molar-refractivity contribution in [1.29, 1.82) is 0 Å². The van der Waals surface area contributed by atoms with E-state index in [2.05, 4.69) is 9.71 Å². The first-order chi connectivity index (χ1) is 8.27. The topological polar surface area (TPSA) is 99.3 Å². The molecule has 18 heavy (non-hydrogen) atoms. The zero-order valence-corrected chi connectivity index (χ0v) is 12.2. The molecule has 1 rings (SSSR count). The number of H-pyrrole nitrogens is 1. The van der Waals surface area contributed by atoms with Gasteiger partial charge in [-0.25, -0.2) is 13.1 Å². The Kier molecular flexibility index (Phi) is 5.09. The van der Waals surface area contributed by atoms with Crippen LogP contribution >= 0.6 is 11.3 Å². The first-order valence-electron chi connectivity index (χ1n) is 5.61. The summed E-state index contributed by atoms with van der Waals surface area (Å²) in [6.45, 7) is 5.20. The van der Waals surface area contributed by atoms with Crippen LogP contribution in [0, 0.1) is 12.8 Å². The van der Waals surface area contributed by atoms with E-state index in [4.69, 9.17) is 5.11 Å². The Labute approximate surface area is 110 Å². The third-order valence-electron chi connectivity index (χ3n) is 2.58. The smallest absolute Gasteiger partial charge is 0.305 e. The molecule has 0 bridgehead atoms. The predicted octanol–water partition coefficient (Wildman–Crippen LogP) is 0.430. The lowest BCUT2D eigenvalue weighted by Gasteiger charge is -2.20. The Balaban J connectivity index is 3.00. The molecule has 0 amide bonds. The Morgan fingerprint density at radius 1 is 1.44 bits per heavy atom. The Hall–Kier alpha value is -0.700. The van der Waals surface area contributed by atoms with Crippen molar-refractivity contribution in [2.45, 2.75) is 37.4 Å². The maximum atomic E-state index is 12.1. The van der Waals surface area contributed by atoms with Crippen LogP contribution in [0.25, 0.3) is 0 Å². The van der Waals surface area contributed by atoms with Crippen LogP contribution in [0.5, 0.6) is 0 Å². The number of aryl methyl sites for hydroxylation is 1. The van der Waals surface area contributed by atoms with Crippen LogP contribution in [0.2, 0.25) is 0 Å². The van der Waals surface area contributed by atoms with E-state index >= 15 is 0 Å². The third kappa shape index (κ3) is 3.64. The molecule has 0 fully saturated rings. The van der Waals surface area contributed by atoms with Gasteiger partial charge in [-0.15, -0.1) is 0 Å². The Bertz CT molecular complexity index is 544.